The van der Waals surface area contributed by atoms with Gasteiger partial charge in [0.05, 0.1) is 36.4 Å². The van der Waals surface area contributed by atoms with Crippen molar-refractivity contribution in [2.24, 2.45) is 5.10 Å². The molecule has 0 spiro atoms. The standard InChI is InChI=1S/C21H26ClN3O5S/c1-4-12-30-19-11-10-16(13-20(19)29-5-2)14-23-24-21(26)15-25(31(3,27)28)18-9-7-6-8-17(18)22/h6-11,13-14H,4-5,12,15H2,1-3H3,(H,24,26)/b23-14-. The zero-order valence-corrected chi connectivity index (χ0v) is 19.2. The van der Waals surface area contributed by atoms with Crippen molar-refractivity contribution < 1.29 is 22.7 Å². The highest BCUT2D eigenvalue weighted by molar-refractivity contribution is 7.92. The smallest absolute Gasteiger partial charge is 0.260 e. The molecule has 0 heterocycles. The average Bonchev–Trinajstić information content (AvgIpc) is 2.71. The van der Waals surface area contributed by atoms with E-state index in [0.29, 0.717) is 30.3 Å². The summed E-state index contributed by atoms with van der Waals surface area (Å²) in [5.41, 5.74) is 3.23. The Morgan fingerprint density at radius 3 is 2.55 bits per heavy atom. The molecule has 0 saturated carbocycles. The molecule has 0 unspecified atom stereocenters. The van der Waals surface area contributed by atoms with Gasteiger partial charge in [0.1, 0.15) is 6.54 Å². The molecular formula is C21H26ClN3O5S. The quantitative estimate of drug-likeness (QED) is 0.403. The topological polar surface area (TPSA) is 97.3 Å². The summed E-state index contributed by atoms with van der Waals surface area (Å²) in [6.45, 7) is 4.47. The van der Waals surface area contributed by atoms with Crippen LogP contribution in [-0.2, 0) is 14.8 Å². The third-order valence-corrected chi connectivity index (χ3v) is 5.39. The first-order valence-electron chi connectivity index (χ1n) is 9.70. The Balaban J connectivity index is 2.08. The van der Waals surface area contributed by atoms with Crippen LogP contribution in [0.4, 0.5) is 5.69 Å². The number of para-hydroxylation sites is 1. The van der Waals surface area contributed by atoms with Gasteiger partial charge < -0.3 is 9.47 Å². The van der Waals surface area contributed by atoms with Gasteiger partial charge in [-0.3, -0.25) is 9.10 Å². The van der Waals surface area contributed by atoms with E-state index in [1.54, 1.807) is 36.4 Å². The first-order chi connectivity index (χ1) is 14.8. The maximum absolute atomic E-state index is 12.3. The van der Waals surface area contributed by atoms with Crippen LogP contribution in [0.25, 0.3) is 0 Å². The molecule has 0 aliphatic heterocycles. The third kappa shape index (κ3) is 7.45. The lowest BCUT2D eigenvalue weighted by atomic mass is 10.2. The van der Waals surface area contributed by atoms with Gasteiger partial charge in [-0.15, -0.1) is 0 Å². The molecule has 2 aromatic carbocycles. The fourth-order valence-electron chi connectivity index (χ4n) is 2.58. The van der Waals surface area contributed by atoms with Crippen LogP contribution in [0.3, 0.4) is 0 Å². The number of ether oxygens (including phenoxy) is 2. The van der Waals surface area contributed by atoms with Gasteiger partial charge in [0.2, 0.25) is 10.0 Å². The summed E-state index contributed by atoms with van der Waals surface area (Å²) in [6, 6.07) is 11.7. The highest BCUT2D eigenvalue weighted by Gasteiger charge is 2.22. The minimum absolute atomic E-state index is 0.217. The van der Waals surface area contributed by atoms with Gasteiger partial charge in [0.25, 0.3) is 5.91 Å². The minimum Gasteiger partial charge on any atom is -0.490 e. The van der Waals surface area contributed by atoms with Crippen molar-refractivity contribution in [2.45, 2.75) is 20.3 Å². The molecule has 0 atom stereocenters. The second kappa shape index (κ2) is 11.6. The first kappa shape index (κ1) is 24.5. The van der Waals surface area contributed by atoms with E-state index < -0.39 is 22.5 Å². The number of rotatable bonds is 11. The predicted octanol–water partition coefficient (Wildman–Crippen LogP) is 3.44. The maximum atomic E-state index is 12.3. The van der Waals surface area contributed by atoms with E-state index in [2.05, 4.69) is 10.5 Å². The average molecular weight is 468 g/mol. The first-order valence-corrected chi connectivity index (χ1v) is 11.9. The van der Waals surface area contributed by atoms with Crippen LogP contribution in [0.5, 0.6) is 11.5 Å². The van der Waals surface area contributed by atoms with Crippen molar-refractivity contribution in [3.8, 4) is 11.5 Å². The molecule has 0 fully saturated rings. The van der Waals surface area contributed by atoms with Gasteiger partial charge in [-0.25, -0.2) is 13.8 Å². The number of amides is 1. The van der Waals surface area contributed by atoms with E-state index in [4.69, 9.17) is 21.1 Å². The number of benzene rings is 2. The number of hydrogen-bond acceptors (Lipinski definition) is 6. The second-order valence-electron chi connectivity index (χ2n) is 6.50. The van der Waals surface area contributed by atoms with Gasteiger partial charge >= 0.3 is 0 Å². The summed E-state index contributed by atoms with van der Waals surface area (Å²) in [7, 11) is -3.73. The summed E-state index contributed by atoms with van der Waals surface area (Å²) in [4.78, 5) is 12.3. The Kier molecular flexibility index (Phi) is 9.14. The van der Waals surface area contributed by atoms with Crippen LogP contribution in [0.1, 0.15) is 25.8 Å². The van der Waals surface area contributed by atoms with Crippen molar-refractivity contribution in [2.75, 3.05) is 30.3 Å². The van der Waals surface area contributed by atoms with Crippen LogP contribution in [0, 0.1) is 0 Å². The number of carbonyl (C=O) groups is 1. The molecule has 0 aliphatic carbocycles. The van der Waals surface area contributed by atoms with Crippen molar-refractivity contribution in [3.05, 3.63) is 53.1 Å². The highest BCUT2D eigenvalue weighted by Crippen LogP contribution is 2.28. The summed E-state index contributed by atoms with van der Waals surface area (Å²) >= 11 is 6.09. The van der Waals surface area contributed by atoms with Crippen molar-refractivity contribution in [3.63, 3.8) is 0 Å². The number of nitrogens with zero attached hydrogens (tertiary/aromatic N) is 2. The lowest BCUT2D eigenvalue weighted by Gasteiger charge is -2.22. The van der Waals surface area contributed by atoms with E-state index in [1.807, 2.05) is 13.8 Å². The zero-order valence-electron chi connectivity index (χ0n) is 17.7. The normalized spacial score (nSPS) is 11.4. The number of halogens is 1. The predicted molar refractivity (Wildman–Crippen MR) is 123 cm³/mol. The van der Waals surface area contributed by atoms with Gasteiger partial charge in [0, 0.05) is 0 Å². The molecule has 1 amide bonds. The lowest BCUT2D eigenvalue weighted by Crippen LogP contribution is -2.39. The molecule has 10 heteroatoms. The SMILES string of the molecule is CCCOc1ccc(/C=N\NC(=O)CN(c2ccccc2Cl)S(C)(=O)=O)cc1OCC. The Morgan fingerprint density at radius 1 is 1.16 bits per heavy atom. The number of hydrazone groups is 1. The van der Waals surface area contributed by atoms with E-state index >= 15 is 0 Å². The molecule has 0 bridgehead atoms. The summed E-state index contributed by atoms with van der Waals surface area (Å²) < 4.78 is 36.5. The molecule has 0 aromatic heterocycles. The second-order valence-corrected chi connectivity index (χ2v) is 8.82. The van der Waals surface area contributed by atoms with Crippen LogP contribution in [-0.4, -0.2) is 46.6 Å². The molecular weight excluding hydrogens is 442 g/mol. The van der Waals surface area contributed by atoms with E-state index in [9.17, 15) is 13.2 Å². The molecule has 0 aliphatic rings. The van der Waals surface area contributed by atoms with Crippen molar-refractivity contribution >= 4 is 39.4 Å². The Bertz CT molecular complexity index is 1030. The van der Waals surface area contributed by atoms with Crippen LogP contribution in [0.15, 0.2) is 47.6 Å². The molecule has 1 N–H and O–H groups in total. The third-order valence-electron chi connectivity index (χ3n) is 3.94. The van der Waals surface area contributed by atoms with Crippen molar-refractivity contribution in [1.82, 2.24) is 5.43 Å². The minimum atomic E-state index is -3.73. The fraction of sp³-hybridized carbons (Fsp3) is 0.333. The Labute approximate surface area is 187 Å². The Hall–Kier alpha value is -2.78. The zero-order chi connectivity index (χ0) is 22.9. The van der Waals surface area contributed by atoms with Gasteiger partial charge in [-0.05, 0) is 49.2 Å². The molecule has 2 aromatic rings. The monoisotopic (exact) mass is 467 g/mol. The molecule has 2 rings (SSSR count). The van der Waals surface area contributed by atoms with Gasteiger partial charge in [-0.2, -0.15) is 5.10 Å². The molecule has 31 heavy (non-hydrogen) atoms. The number of sulfonamides is 1. The lowest BCUT2D eigenvalue weighted by molar-refractivity contribution is -0.119. The summed E-state index contributed by atoms with van der Waals surface area (Å²) in [5.74, 6) is 0.594. The number of nitrogens with one attached hydrogen (secondary N) is 1. The van der Waals surface area contributed by atoms with Gasteiger partial charge in [-0.1, -0.05) is 30.7 Å². The maximum Gasteiger partial charge on any atom is 0.260 e. The van der Waals surface area contributed by atoms with E-state index in [0.717, 1.165) is 17.0 Å². The molecule has 0 radical (unpaired) electrons. The van der Waals surface area contributed by atoms with Crippen LogP contribution < -0.4 is 19.2 Å². The van der Waals surface area contributed by atoms with Gasteiger partial charge in [0.15, 0.2) is 11.5 Å². The summed E-state index contributed by atoms with van der Waals surface area (Å²) in [5, 5.41) is 4.13. The van der Waals surface area contributed by atoms with Crippen molar-refractivity contribution in [1.29, 1.82) is 0 Å². The summed E-state index contributed by atoms with van der Waals surface area (Å²) in [6.07, 6.45) is 3.31. The molecule has 168 valence electrons. The van der Waals surface area contributed by atoms with E-state index in [1.165, 1.54) is 12.3 Å². The van der Waals surface area contributed by atoms with E-state index in [-0.39, 0.29) is 10.7 Å². The largest absolute Gasteiger partial charge is 0.490 e. The van der Waals surface area contributed by atoms with Crippen LogP contribution in [0.2, 0.25) is 5.02 Å². The van der Waals surface area contributed by atoms with Crippen LogP contribution >= 0.6 is 11.6 Å². The fourth-order valence-corrected chi connectivity index (χ4v) is 3.74. The number of carbonyl (C=O) groups excluding carboxylic acids is 1. The number of anilines is 1. The Morgan fingerprint density at radius 2 is 1.90 bits per heavy atom. The number of hydrogen-bond donors (Lipinski definition) is 1. The molecule has 8 nitrogen and oxygen atoms in total. The highest BCUT2D eigenvalue weighted by atomic mass is 35.5. The molecule has 0 saturated heterocycles.